The van der Waals surface area contributed by atoms with Gasteiger partial charge in [0.2, 0.25) is 0 Å². The molecular formula is C27H6Cl8N4O6S. The number of sulfonamides is 1. The molecule has 1 aliphatic heterocycles. The van der Waals surface area contributed by atoms with E-state index in [1.54, 1.807) is 4.72 Å². The van der Waals surface area contributed by atoms with Gasteiger partial charge in [-0.3, -0.25) is 19.2 Å². The van der Waals surface area contributed by atoms with Crippen LogP contribution in [0.4, 0.5) is 5.69 Å². The van der Waals surface area contributed by atoms with Crippen molar-refractivity contribution >= 4 is 143 Å². The van der Waals surface area contributed by atoms with Crippen LogP contribution in [0, 0.1) is 11.5 Å². The summed E-state index contributed by atoms with van der Waals surface area (Å²) in [5.41, 5.74) is -2.26. The average molecular weight is 798 g/mol. The second kappa shape index (κ2) is 11.4. The molecule has 232 valence electrons. The van der Waals surface area contributed by atoms with Crippen molar-refractivity contribution in [2.75, 3.05) is 4.90 Å². The summed E-state index contributed by atoms with van der Waals surface area (Å²) in [7, 11) is -4.53. The van der Waals surface area contributed by atoms with Crippen LogP contribution in [0.1, 0.15) is 53.0 Å². The van der Waals surface area contributed by atoms with Crippen molar-refractivity contribution in [1.29, 1.82) is 5.26 Å². The highest BCUT2D eigenvalue weighted by molar-refractivity contribution is 7.89. The van der Waals surface area contributed by atoms with Gasteiger partial charge in [0.05, 0.1) is 84.2 Å². The number of carbonyl (C=O) groups excluding carboxylic acids is 4. The minimum atomic E-state index is -4.53. The molecule has 0 bridgehead atoms. The summed E-state index contributed by atoms with van der Waals surface area (Å²) in [5.74, 6) is -5.42. The molecule has 0 saturated carbocycles. The van der Waals surface area contributed by atoms with E-state index >= 15 is 0 Å². The Morgan fingerprint density at radius 2 is 1.15 bits per heavy atom. The number of Topliss-reactive ketones (excluding diaryl/α,β-unsaturated/α-hetero) is 2. The third kappa shape index (κ3) is 4.58. The Morgan fingerprint density at radius 3 is 1.61 bits per heavy atom. The number of nitrogens with one attached hydrogen (secondary N) is 1. The van der Waals surface area contributed by atoms with Crippen molar-refractivity contribution in [3.05, 3.63) is 92.4 Å². The molecule has 2 amide bonds. The number of hydrogen-bond donors (Lipinski definition) is 1. The number of anilines is 1. The van der Waals surface area contributed by atoms with Crippen LogP contribution in [-0.4, -0.2) is 36.8 Å². The fourth-order valence-corrected chi connectivity index (χ4v) is 7.99. The Hall–Kier alpha value is -2.89. The number of fused-ring (bicyclic) bond motifs is 3. The monoisotopic (exact) mass is 794 g/mol. The van der Waals surface area contributed by atoms with Gasteiger partial charge in [-0.05, 0) is 18.2 Å². The van der Waals surface area contributed by atoms with E-state index in [0.29, 0.717) is 4.90 Å². The lowest BCUT2D eigenvalue weighted by molar-refractivity contribution is 0.0882. The third-order valence-electron chi connectivity index (χ3n) is 7.18. The molecule has 6 rings (SSSR count). The van der Waals surface area contributed by atoms with Crippen LogP contribution in [0.5, 0.6) is 0 Å². The Labute approximate surface area is 297 Å². The summed E-state index contributed by atoms with van der Waals surface area (Å²) in [6, 6.07) is 4.49. The largest absolute Gasteiger partial charge is 0.293 e. The highest BCUT2D eigenvalue weighted by atomic mass is 35.5. The van der Waals surface area contributed by atoms with Crippen molar-refractivity contribution in [2.24, 2.45) is 0 Å². The zero-order valence-electron chi connectivity index (χ0n) is 21.6. The number of pyridine rings is 1. The van der Waals surface area contributed by atoms with Crippen molar-refractivity contribution in [3.63, 3.8) is 0 Å². The van der Waals surface area contributed by atoms with Gasteiger partial charge < -0.3 is 0 Å². The summed E-state index contributed by atoms with van der Waals surface area (Å²) in [4.78, 5) is 59.1. The molecule has 0 spiro atoms. The fraction of sp³-hybridized carbons (Fsp3) is 0.0370. The molecule has 2 aliphatic rings. The van der Waals surface area contributed by atoms with E-state index in [1.165, 1.54) is 18.3 Å². The summed E-state index contributed by atoms with van der Waals surface area (Å²) in [5, 5.41) is 6.49. The molecule has 1 N–H and O–H groups in total. The Kier molecular flexibility index (Phi) is 8.16. The quantitative estimate of drug-likeness (QED) is 0.0542. The van der Waals surface area contributed by atoms with E-state index in [9.17, 15) is 27.6 Å². The van der Waals surface area contributed by atoms with Gasteiger partial charge in [0.1, 0.15) is 5.92 Å². The van der Waals surface area contributed by atoms with Crippen LogP contribution < -0.4 is 9.62 Å². The lowest BCUT2D eigenvalue weighted by atomic mass is 9.98. The van der Waals surface area contributed by atoms with E-state index in [2.05, 4.69) is 4.98 Å². The number of nitrogens with zero attached hydrogens (tertiary/aromatic N) is 3. The van der Waals surface area contributed by atoms with Gasteiger partial charge in [-0.25, -0.2) is 23.0 Å². The van der Waals surface area contributed by atoms with E-state index < -0.39 is 71.1 Å². The molecule has 19 heteroatoms. The van der Waals surface area contributed by atoms with E-state index in [0.717, 1.165) is 12.1 Å². The first-order valence-electron chi connectivity index (χ1n) is 12.1. The van der Waals surface area contributed by atoms with Crippen LogP contribution in [-0.2, 0) is 10.0 Å². The van der Waals surface area contributed by atoms with Crippen LogP contribution >= 0.6 is 92.8 Å². The van der Waals surface area contributed by atoms with Gasteiger partial charge in [0.25, 0.3) is 21.8 Å². The van der Waals surface area contributed by atoms with Gasteiger partial charge in [0.15, 0.2) is 17.8 Å². The number of nitriles is 1. The summed E-state index contributed by atoms with van der Waals surface area (Å²) < 4.78 is 27.4. The fourth-order valence-electron chi connectivity index (χ4n) is 5.15. The number of ketones is 2. The minimum Gasteiger partial charge on any atom is -0.293 e. The molecule has 4 aromatic rings. The first-order valence-corrected chi connectivity index (χ1v) is 16.6. The van der Waals surface area contributed by atoms with Crippen LogP contribution in [0.25, 0.3) is 10.9 Å². The van der Waals surface area contributed by atoms with Crippen LogP contribution in [0.15, 0.2) is 29.2 Å². The molecule has 0 radical (unpaired) electrons. The molecule has 2 heterocycles. The molecule has 10 nitrogen and oxygen atoms in total. The number of halogens is 8. The Bertz CT molecular complexity index is 2270. The third-order valence-corrected chi connectivity index (χ3v) is 12.0. The maximum Gasteiger partial charge on any atom is 0.270 e. The van der Waals surface area contributed by atoms with Crippen molar-refractivity contribution in [1.82, 2.24) is 9.71 Å². The second-order valence-corrected chi connectivity index (χ2v) is 14.3. The maximum atomic E-state index is 13.8. The zero-order chi connectivity index (χ0) is 33.7. The number of rotatable bonds is 4. The highest BCUT2D eigenvalue weighted by Crippen LogP contribution is 2.49. The number of aromatic nitrogens is 1. The first-order chi connectivity index (χ1) is 21.5. The lowest BCUT2D eigenvalue weighted by Crippen LogP contribution is -2.30. The highest BCUT2D eigenvalue weighted by Gasteiger charge is 2.46. The number of benzene rings is 3. The Balaban J connectivity index is 1.61. The summed E-state index contributed by atoms with van der Waals surface area (Å²) in [6.07, 6.45) is 1.30. The van der Waals surface area contributed by atoms with Gasteiger partial charge in [-0.1, -0.05) is 98.9 Å². The van der Waals surface area contributed by atoms with Crippen molar-refractivity contribution < 1.29 is 27.6 Å². The predicted octanol–water partition coefficient (Wildman–Crippen LogP) is 8.18. The van der Waals surface area contributed by atoms with Gasteiger partial charge in [-0.2, -0.15) is 5.26 Å². The predicted molar refractivity (Wildman–Crippen MR) is 173 cm³/mol. The maximum absolute atomic E-state index is 13.8. The van der Waals surface area contributed by atoms with E-state index in [1.807, 2.05) is 0 Å². The lowest BCUT2D eigenvalue weighted by Gasteiger charge is -2.18. The zero-order valence-corrected chi connectivity index (χ0v) is 28.5. The number of amides is 2. The van der Waals surface area contributed by atoms with E-state index in [-0.39, 0.29) is 57.9 Å². The molecule has 0 saturated heterocycles. The van der Waals surface area contributed by atoms with Gasteiger partial charge in [-0.15, -0.1) is 0 Å². The topological polar surface area (TPSA) is 154 Å². The van der Waals surface area contributed by atoms with Crippen LogP contribution in [0.2, 0.25) is 40.2 Å². The van der Waals surface area contributed by atoms with Gasteiger partial charge in [0, 0.05) is 5.39 Å². The van der Waals surface area contributed by atoms with Crippen molar-refractivity contribution in [2.45, 2.75) is 10.8 Å². The molecule has 1 aromatic heterocycles. The normalized spacial score (nSPS) is 14.7. The molecule has 1 aliphatic carbocycles. The number of carbonyl (C=O) groups is 4. The SMILES string of the molecule is N#CNS(=O)(=O)c1cc(N2C(=O)c3c(Cl)c(Cl)c(Cl)c(Cl)c3C2=O)c2nc(C3C(=O)c4c(Cl)c(Cl)c(Cl)c(Cl)c4C3=O)ccc2c1. The molecule has 0 atom stereocenters. The average Bonchev–Trinajstić information content (AvgIpc) is 3.43. The Morgan fingerprint density at radius 1 is 0.696 bits per heavy atom. The molecule has 46 heavy (non-hydrogen) atoms. The summed E-state index contributed by atoms with van der Waals surface area (Å²) in [6.45, 7) is 0. The number of hydrogen-bond acceptors (Lipinski definition) is 8. The minimum absolute atomic E-state index is 0.00180. The summed E-state index contributed by atoms with van der Waals surface area (Å²) >= 11 is 49.6. The molecular weight excluding hydrogens is 792 g/mol. The van der Waals surface area contributed by atoms with Gasteiger partial charge >= 0.3 is 0 Å². The van der Waals surface area contributed by atoms with Crippen LogP contribution in [0.3, 0.4) is 0 Å². The molecule has 0 unspecified atom stereocenters. The van der Waals surface area contributed by atoms with Crippen molar-refractivity contribution in [3.8, 4) is 6.19 Å². The molecule has 0 fully saturated rings. The smallest absolute Gasteiger partial charge is 0.270 e. The second-order valence-electron chi connectivity index (χ2n) is 9.59. The van der Waals surface area contributed by atoms with E-state index in [4.69, 9.17) is 98.1 Å². The standard InChI is InChI=1S/C27H6Cl8N4O6S/c28-15-11-12(16(29)20(33)19(15)32)25(41)10(24(11)40)8-2-1-6-3-7(46(44,45)37-5-36)4-9(23(6)38-8)39-26(42)13-14(27(39)43)18(31)22(35)21(34)17(13)30/h1-4,10,37H. The first kappa shape index (κ1) is 33.0. The number of imide groups is 1. The molecule has 3 aromatic carbocycles.